The van der Waals surface area contributed by atoms with Crippen molar-refractivity contribution in [2.45, 2.75) is 6.54 Å². The highest BCUT2D eigenvalue weighted by Crippen LogP contribution is 2.34. The average molecular weight is 424 g/mol. The number of hydrogen-bond donors (Lipinski definition) is 0. The van der Waals surface area contributed by atoms with E-state index in [4.69, 9.17) is 9.47 Å². The monoisotopic (exact) mass is 423 g/mol. The van der Waals surface area contributed by atoms with Gasteiger partial charge in [-0.25, -0.2) is 0 Å². The highest BCUT2D eigenvalue weighted by atomic mass is 32.2. The lowest BCUT2D eigenvalue weighted by Crippen LogP contribution is -2.47. The summed E-state index contributed by atoms with van der Waals surface area (Å²) >= 11 is 1.44. The van der Waals surface area contributed by atoms with Gasteiger partial charge in [0.15, 0.2) is 5.17 Å². The van der Waals surface area contributed by atoms with Gasteiger partial charge < -0.3 is 14.4 Å². The van der Waals surface area contributed by atoms with E-state index in [1.807, 2.05) is 30.3 Å². The molecule has 0 saturated carbocycles. The van der Waals surface area contributed by atoms with Crippen LogP contribution in [0.1, 0.15) is 11.1 Å². The van der Waals surface area contributed by atoms with Gasteiger partial charge in [0.1, 0.15) is 11.5 Å². The van der Waals surface area contributed by atoms with Crippen LogP contribution in [0, 0.1) is 0 Å². The average Bonchev–Trinajstić information content (AvgIpc) is 3.15. The van der Waals surface area contributed by atoms with Gasteiger partial charge in [0, 0.05) is 44.4 Å². The molecule has 30 heavy (non-hydrogen) atoms. The molecule has 0 unspecified atom stereocenters. The van der Waals surface area contributed by atoms with E-state index >= 15 is 0 Å². The van der Waals surface area contributed by atoms with Crippen molar-refractivity contribution >= 4 is 28.9 Å². The topological polar surface area (TPSA) is 54.4 Å². The summed E-state index contributed by atoms with van der Waals surface area (Å²) in [4.78, 5) is 22.0. The van der Waals surface area contributed by atoms with E-state index in [0.717, 1.165) is 43.5 Å². The van der Waals surface area contributed by atoms with E-state index in [9.17, 15) is 4.79 Å². The van der Waals surface area contributed by atoms with Crippen LogP contribution in [0.25, 0.3) is 6.08 Å². The third-order valence-corrected chi connectivity index (χ3v) is 6.27. The third kappa shape index (κ3) is 4.68. The maximum atomic E-state index is 12.5. The lowest BCUT2D eigenvalue weighted by atomic mass is 10.1. The molecule has 1 amide bonds. The predicted octanol–water partition coefficient (Wildman–Crippen LogP) is 3.49. The number of benzene rings is 2. The van der Waals surface area contributed by atoms with Crippen LogP contribution in [0.5, 0.6) is 11.5 Å². The highest BCUT2D eigenvalue weighted by Gasteiger charge is 2.28. The first-order chi connectivity index (χ1) is 14.7. The molecule has 1 fully saturated rings. The zero-order chi connectivity index (χ0) is 20.9. The van der Waals surface area contributed by atoms with Crippen molar-refractivity contribution < 1.29 is 14.3 Å². The summed E-state index contributed by atoms with van der Waals surface area (Å²) in [7, 11) is 3.22. The van der Waals surface area contributed by atoms with Gasteiger partial charge >= 0.3 is 0 Å². The predicted molar refractivity (Wildman–Crippen MR) is 121 cm³/mol. The molecule has 6 nitrogen and oxygen atoms in total. The van der Waals surface area contributed by atoms with Crippen LogP contribution < -0.4 is 9.47 Å². The van der Waals surface area contributed by atoms with Crippen LogP contribution in [0.3, 0.4) is 0 Å². The fraction of sp³-hybridized carbons (Fsp3) is 0.304. The van der Waals surface area contributed by atoms with Crippen molar-refractivity contribution in [1.82, 2.24) is 9.80 Å². The molecule has 2 heterocycles. The molecule has 4 rings (SSSR count). The van der Waals surface area contributed by atoms with Crippen LogP contribution in [-0.2, 0) is 11.3 Å². The summed E-state index contributed by atoms with van der Waals surface area (Å²) in [5.41, 5.74) is 2.16. The second-order valence-electron chi connectivity index (χ2n) is 7.17. The normalized spacial score (nSPS) is 18.6. The zero-order valence-corrected chi connectivity index (χ0v) is 18.0. The Hall–Kier alpha value is -2.77. The van der Waals surface area contributed by atoms with Crippen molar-refractivity contribution in [2.75, 3.05) is 40.4 Å². The molecule has 0 N–H and O–H groups in total. The van der Waals surface area contributed by atoms with Gasteiger partial charge in [0.05, 0.1) is 19.1 Å². The number of nitrogens with zero attached hydrogens (tertiary/aromatic N) is 3. The second-order valence-corrected chi connectivity index (χ2v) is 8.18. The molecule has 2 aromatic rings. The Kier molecular flexibility index (Phi) is 6.40. The van der Waals surface area contributed by atoms with Gasteiger partial charge in [-0.15, -0.1) is 0 Å². The fourth-order valence-electron chi connectivity index (χ4n) is 3.55. The summed E-state index contributed by atoms with van der Waals surface area (Å²) in [5.74, 6) is 1.18. The second kappa shape index (κ2) is 9.36. The maximum Gasteiger partial charge on any atom is 0.286 e. The minimum absolute atomic E-state index is 0.195. The van der Waals surface area contributed by atoms with E-state index in [1.54, 1.807) is 14.2 Å². The summed E-state index contributed by atoms with van der Waals surface area (Å²) in [6.07, 6.45) is 1.84. The third-order valence-electron chi connectivity index (χ3n) is 5.23. The Bertz CT molecular complexity index is 967. The lowest BCUT2D eigenvalue weighted by molar-refractivity contribution is -0.113. The molecule has 2 aromatic carbocycles. The molecule has 2 aliphatic rings. The summed E-state index contributed by atoms with van der Waals surface area (Å²) < 4.78 is 10.7. The van der Waals surface area contributed by atoms with Gasteiger partial charge in [0.25, 0.3) is 5.91 Å². The van der Waals surface area contributed by atoms with E-state index in [1.165, 1.54) is 17.3 Å². The maximum absolute atomic E-state index is 12.5. The van der Waals surface area contributed by atoms with Crippen molar-refractivity contribution in [1.29, 1.82) is 0 Å². The van der Waals surface area contributed by atoms with Gasteiger partial charge in [-0.2, -0.15) is 4.99 Å². The number of carbonyl (C=O) groups excluding carboxylic acids is 1. The molecule has 0 aromatic heterocycles. The highest BCUT2D eigenvalue weighted by molar-refractivity contribution is 8.18. The molecule has 1 saturated heterocycles. The minimum atomic E-state index is -0.195. The van der Waals surface area contributed by atoms with Gasteiger partial charge in [0.2, 0.25) is 0 Å². The Morgan fingerprint density at radius 2 is 1.80 bits per heavy atom. The van der Waals surface area contributed by atoms with Crippen molar-refractivity contribution in [3.05, 3.63) is 64.6 Å². The molecule has 0 atom stereocenters. The number of ether oxygens (including phenoxy) is 2. The van der Waals surface area contributed by atoms with Crippen LogP contribution in [0.15, 0.2) is 58.4 Å². The Balaban J connectivity index is 1.38. The smallest absolute Gasteiger partial charge is 0.286 e. The van der Waals surface area contributed by atoms with E-state index in [-0.39, 0.29) is 5.91 Å². The summed E-state index contributed by atoms with van der Waals surface area (Å²) in [6.45, 7) is 4.59. The molecule has 2 aliphatic heterocycles. The molecule has 156 valence electrons. The lowest BCUT2D eigenvalue weighted by Gasteiger charge is -2.35. The Labute approximate surface area is 181 Å². The van der Waals surface area contributed by atoms with E-state index in [2.05, 4.69) is 39.1 Å². The van der Waals surface area contributed by atoms with Gasteiger partial charge in [-0.3, -0.25) is 9.69 Å². The minimum Gasteiger partial charge on any atom is -0.497 e. The van der Waals surface area contributed by atoms with Crippen LogP contribution in [0.4, 0.5) is 0 Å². The molecular weight excluding hydrogens is 398 g/mol. The number of aliphatic imine (C=N–C) groups is 1. The number of thioether (sulfide) groups is 1. The largest absolute Gasteiger partial charge is 0.497 e. The number of rotatable bonds is 5. The molecule has 0 bridgehead atoms. The fourth-order valence-corrected chi connectivity index (χ4v) is 4.51. The first kappa shape index (κ1) is 20.5. The standard InChI is InChI=1S/C23H25N3O3S/c1-28-19-9-8-18(20(15-19)29-2)14-21-22(27)24-23(30-21)26-12-10-25(11-13-26)16-17-6-4-3-5-7-17/h3-9,14-15H,10-13,16H2,1-2H3/b21-14+. The summed E-state index contributed by atoms with van der Waals surface area (Å²) in [6, 6.07) is 16.1. The Morgan fingerprint density at radius 1 is 1.03 bits per heavy atom. The van der Waals surface area contributed by atoms with Gasteiger partial charge in [-0.1, -0.05) is 30.3 Å². The number of amides is 1. The van der Waals surface area contributed by atoms with Crippen LogP contribution in [0.2, 0.25) is 0 Å². The van der Waals surface area contributed by atoms with E-state index < -0.39 is 0 Å². The number of piperazine rings is 1. The molecule has 7 heteroatoms. The van der Waals surface area contributed by atoms with Crippen molar-refractivity contribution in [3.8, 4) is 11.5 Å². The molecule has 0 aliphatic carbocycles. The quantitative estimate of drug-likeness (QED) is 0.687. The van der Waals surface area contributed by atoms with Crippen LogP contribution in [-0.4, -0.2) is 61.3 Å². The first-order valence-corrected chi connectivity index (χ1v) is 10.7. The number of methoxy groups -OCH3 is 2. The summed E-state index contributed by atoms with van der Waals surface area (Å²) in [5, 5.41) is 0.790. The Morgan fingerprint density at radius 3 is 2.50 bits per heavy atom. The van der Waals surface area contributed by atoms with Gasteiger partial charge in [-0.05, 0) is 35.5 Å². The molecular formula is C23H25N3O3S. The van der Waals surface area contributed by atoms with E-state index in [0.29, 0.717) is 16.4 Å². The van der Waals surface area contributed by atoms with Crippen molar-refractivity contribution in [2.24, 2.45) is 4.99 Å². The number of amidine groups is 1. The number of carbonyl (C=O) groups is 1. The number of hydrogen-bond acceptors (Lipinski definition) is 6. The first-order valence-electron chi connectivity index (χ1n) is 9.92. The van der Waals surface area contributed by atoms with Crippen LogP contribution >= 0.6 is 11.8 Å². The zero-order valence-electron chi connectivity index (χ0n) is 17.2. The molecule has 0 radical (unpaired) electrons. The molecule has 0 spiro atoms. The SMILES string of the molecule is COc1ccc(/C=C2/SC(N3CCN(Cc4ccccc4)CC3)=NC2=O)c(OC)c1. The van der Waals surface area contributed by atoms with Crippen molar-refractivity contribution in [3.63, 3.8) is 0 Å².